The van der Waals surface area contributed by atoms with Gasteiger partial charge in [0.1, 0.15) is 5.52 Å². The Kier molecular flexibility index (Phi) is 7.17. The number of anilines is 2. The second-order valence-electron chi connectivity index (χ2n) is 7.90. The number of aromatic nitrogens is 1. The predicted molar refractivity (Wildman–Crippen MR) is 121 cm³/mol. The molecule has 0 atom stereocenters. The summed E-state index contributed by atoms with van der Waals surface area (Å²) in [7, 11) is 6.34. The Morgan fingerprint density at radius 1 is 0.897 bits per heavy atom. The molecule has 1 aromatic heterocycles. The van der Waals surface area contributed by atoms with Crippen LogP contribution >= 0.6 is 0 Å². The van der Waals surface area contributed by atoms with Crippen LogP contribution in [0.3, 0.4) is 0 Å². The van der Waals surface area contributed by atoms with E-state index < -0.39 is 0 Å². The van der Waals surface area contributed by atoms with E-state index in [1.165, 1.54) is 52.8 Å². The Labute approximate surface area is 191 Å². The van der Waals surface area contributed by atoms with Gasteiger partial charge >= 0.3 is 0 Å². The molecule has 4 rings (SSSR count). The summed E-state index contributed by atoms with van der Waals surface area (Å²) in [6, 6.07) is 19.8. The monoisotopic (exact) mass is 499 g/mol. The van der Waals surface area contributed by atoms with E-state index >= 15 is 0 Å². The Morgan fingerprint density at radius 2 is 1.59 bits per heavy atom. The Hall–Kier alpha value is -2.08. The number of aryl methyl sites for hydroxylation is 1. The highest BCUT2D eigenvalue weighted by atomic mass is 127. The van der Waals surface area contributed by atoms with E-state index in [4.69, 9.17) is 0 Å². The van der Waals surface area contributed by atoms with Gasteiger partial charge in [0.2, 0.25) is 0 Å². The molecular formula is C25H30IN3. The molecule has 1 aliphatic heterocycles. The van der Waals surface area contributed by atoms with Gasteiger partial charge in [-0.15, -0.1) is 0 Å². The number of piperidine rings is 1. The van der Waals surface area contributed by atoms with Crippen molar-refractivity contribution in [3.63, 3.8) is 0 Å². The lowest BCUT2D eigenvalue weighted by Gasteiger charge is -2.23. The molecule has 1 aliphatic rings. The van der Waals surface area contributed by atoms with Crippen LogP contribution < -0.4 is 38.3 Å². The average Bonchev–Trinajstić information content (AvgIpc) is 2.74. The Balaban J connectivity index is 0.00000240. The van der Waals surface area contributed by atoms with Crippen LogP contribution in [0.4, 0.5) is 11.5 Å². The van der Waals surface area contributed by atoms with Crippen molar-refractivity contribution in [2.45, 2.75) is 19.3 Å². The third-order valence-electron chi connectivity index (χ3n) is 5.75. The van der Waals surface area contributed by atoms with Gasteiger partial charge in [-0.05, 0) is 48.6 Å². The van der Waals surface area contributed by atoms with Crippen molar-refractivity contribution in [1.29, 1.82) is 0 Å². The zero-order chi connectivity index (χ0) is 19.5. The van der Waals surface area contributed by atoms with Crippen molar-refractivity contribution < 1.29 is 28.5 Å². The minimum absolute atomic E-state index is 0. The molecule has 0 N–H and O–H groups in total. The standard InChI is InChI=1S/C25H30N3.HI/c1-26(2)22-15-12-20(13-16-22)11-14-21-19-25(28-17-7-4-8-18-28)27(3)24-10-6-5-9-23(21)24;/h5-6,9-16,19H,4,7-8,17-18H2,1-3H3;1H/q+1;/p-1. The summed E-state index contributed by atoms with van der Waals surface area (Å²) >= 11 is 0. The average molecular weight is 499 g/mol. The molecule has 2 heterocycles. The highest BCUT2D eigenvalue weighted by Gasteiger charge is 2.23. The molecule has 0 unspecified atom stereocenters. The lowest BCUT2D eigenvalue weighted by Crippen LogP contribution is -3.00. The fourth-order valence-electron chi connectivity index (χ4n) is 4.08. The summed E-state index contributed by atoms with van der Waals surface area (Å²) in [5.41, 5.74) is 5.02. The minimum Gasteiger partial charge on any atom is -1.00 e. The molecule has 1 saturated heterocycles. The zero-order valence-corrected chi connectivity index (χ0v) is 19.8. The number of fused-ring (bicyclic) bond motifs is 1. The fraction of sp³-hybridized carbons (Fsp3) is 0.320. The maximum Gasteiger partial charge on any atom is 0.277 e. The first-order valence-corrected chi connectivity index (χ1v) is 10.3. The van der Waals surface area contributed by atoms with Crippen LogP contribution in [0.15, 0.2) is 54.6 Å². The molecule has 1 fully saturated rings. The van der Waals surface area contributed by atoms with E-state index in [0.29, 0.717) is 0 Å². The molecule has 0 saturated carbocycles. The van der Waals surface area contributed by atoms with Crippen molar-refractivity contribution in [1.82, 2.24) is 0 Å². The van der Waals surface area contributed by atoms with Crippen LogP contribution in [0.5, 0.6) is 0 Å². The molecule has 0 radical (unpaired) electrons. The number of halogens is 1. The number of hydrogen-bond acceptors (Lipinski definition) is 2. The highest BCUT2D eigenvalue weighted by molar-refractivity contribution is 5.90. The third kappa shape index (κ3) is 4.74. The molecule has 0 spiro atoms. The van der Waals surface area contributed by atoms with E-state index in [2.05, 4.69) is 102 Å². The molecule has 4 heteroatoms. The van der Waals surface area contributed by atoms with Crippen LogP contribution in [0.1, 0.15) is 30.4 Å². The quantitative estimate of drug-likeness (QED) is 0.401. The number of rotatable bonds is 4. The Bertz CT molecular complexity index is 987. The van der Waals surface area contributed by atoms with Crippen LogP contribution in [-0.4, -0.2) is 27.2 Å². The van der Waals surface area contributed by atoms with Gasteiger partial charge in [-0.25, -0.2) is 4.57 Å². The second-order valence-corrected chi connectivity index (χ2v) is 7.90. The Morgan fingerprint density at radius 3 is 2.28 bits per heavy atom. The summed E-state index contributed by atoms with van der Waals surface area (Å²) in [5.74, 6) is 1.32. The number of nitrogens with zero attached hydrogens (tertiary/aromatic N) is 3. The number of para-hydroxylation sites is 1. The normalized spacial score (nSPS) is 14.2. The number of hydrogen-bond donors (Lipinski definition) is 0. The van der Waals surface area contributed by atoms with E-state index in [1.807, 2.05) is 0 Å². The summed E-state index contributed by atoms with van der Waals surface area (Å²) in [5, 5.41) is 1.30. The molecule has 2 aromatic carbocycles. The number of pyridine rings is 1. The highest BCUT2D eigenvalue weighted by Crippen LogP contribution is 2.25. The van der Waals surface area contributed by atoms with Crippen molar-refractivity contribution in [2.24, 2.45) is 7.05 Å². The van der Waals surface area contributed by atoms with E-state index in [9.17, 15) is 0 Å². The summed E-state index contributed by atoms with van der Waals surface area (Å²) in [6.45, 7) is 2.31. The number of benzene rings is 2. The first kappa shape index (κ1) is 21.6. The maximum absolute atomic E-state index is 2.54. The lowest BCUT2D eigenvalue weighted by atomic mass is 10.0. The molecule has 152 valence electrons. The van der Waals surface area contributed by atoms with Crippen LogP contribution in [0.25, 0.3) is 23.1 Å². The smallest absolute Gasteiger partial charge is 0.277 e. The predicted octanol–water partition coefficient (Wildman–Crippen LogP) is 1.89. The topological polar surface area (TPSA) is 10.4 Å². The van der Waals surface area contributed by atoms with E-state index in [0.717, 1.165) is 13.1 Å². The van der Waals surface area contributed by atoms with Gasteiger partial charge in [-0.3, -0.25) is 4.90 Å². The van der Waals surface area contributed by atoms with Gasteiger partial charge < -0.3 is 28.9 Å². The fourth-order valence-corrected chi connectivity index (χ4v) is 4.08. The zero-order valence-electron chi connectivity index (χ0n) is 17.6. The molecule has 0 amide bonds. The molecule has 29 heavy (non-hydrogen) atoms. The van der Waals surface area contributed by atoms with E-state index in [-0.39, 0.29) is 24.0 Å². The van der Waals surface area contributed by atoms with Gasteiger partial charge in [-0.1, -0.05) is 42.5 Å². The first-order valence-electron chi connectivity index (χ1n) is 10.3. The second kappa shape index (κ2) is 9.61. The first-order chi connectivity index (χ1) is 13.6. The lowest BCUT2D eigenvalue weighted by molar-refractivity contribution is -0.632. The van der Waals surface area contributed by atoms with Crippen molar-refractivity contribution in [3.8, 4) is 0 Å². The minimum atomic E-state index is 0. The van der Waals surface area contributed by atoms with Crippen molar-refractivity contribution >= 4 is 34.6 Å². The van der Waals surface area contributed by atoms with Crippen molar-refractivity contribution in [3.05, 3.63) is 65.7 Å². The van der Waals surface area contributed by atoms with Gasteiger partial charge in [0.25, 0.3) is 5.82 Å². The van der Waals surface area contributed by atoms with E-state index in [1.54, 1.807) is 0 Å². The maximum atomic E-state index is 2.54. The largest absolute Gasteiger partial charge is 1.00 e. The summed E-state index contributed by atoms with van der Waals surface area (Å²) < 4.78 is 2.35. The van der Waals surface area contributed by atoms with Gasteiger partial charge in [-0.2, -0.15) is 0 Å². The molecule has 0 aliphatic carbocycles. The van der Waals surface area contributed by atoms with Crippen molar-refractivity contribution in [2.75, 3.05) is 37.0 Å². The molecular weight excluding hydrogens is 469 g/mol. The van der Waals surface area contributed by atoms with Gasteiger partial charge in [0, 0.05) is 31.2 Å². The van der Waals surface area contributed by atoms with Crippen LogP contribution in [0, 0.1) is 0 Å². The van der Waals surface area contributed by atoms with Gasteiger partial charge in [0.05, 0.1) is 20.1 Å². The summed E-state index contributed by atoms with van der Waals surface area (Å²) in [4.78, 5) is 4.67. The SMILES string of the molecule is CN(C)c1ccc(/C=C/c2cc(N3CCCCC3)[n+](C)c3ccccc23)cc1.[I-]. The molecule has 0 bridgehead atoms. The van der Waals surface area contributed by atoms with Gasteiger partial charge in [0.15, 0.2) is 0 Å². The summed E-state index contributed by atoms with van der Waals surface area (Å²) in [6.07, 6.45) is 8.41. The van der Waals surface area contributed by atoms with Crippen LogP contribution in [-0.2, 0) is 7.05 Å². The molecule has 3 nitrogen and oxygen atoms in total. The molecule has 3 aromatic rings. The third-order valence-corrected chi connectivity index (χ3v) is 5.75. The van der Waals surface area contributed by atoms with Crippen LogP contribution in [0.2, 0.25) is 0 Å².